The molecule has 1 unspecified atom stereocenters. The molecule has 26 heavy (non-hydrogen) atoms. The van der Waals surface area contributed by atoms with E-state index >= 15 is 0 Å². The SMILES string of the molecule is CCCc1ccc(C(NC(=O)CCNC(=O)c2cccs2)C(C)C)cc1. The minimum Gasteiger partial charge on any atom is -0.351 e. The number of hydrogen-bond acceptors (Lipinski definition) is 3. The van der Waals surface area contributed by atoms with Crippen molar-refractivity contribution in [2.45, 2.75) is 46.1 Å². The van der Waals surface area contributed by atoms with Crippen LogP contribution in [0.5, 0.6) is 0 Å². The fourth-order valence-electron chi connectivity index (χ4n) is 2.85. The van der Waals surface area contributed by atoms with Crippen molar-refractivity contribution in [3.05, 3.63) is 57.8 Å². The molecule has 0 fully saturated rings. The van der Waals surface area contributed by atoms with Gasteiger partial charge in [-0.1, -0.05) is 57.5 Å². The zero-order chi connectivity index (χ0) is 18.9. The van der Waals surface area contributed by atoms with Crippen LogP contribution < -0.4 is 10.6 Å². The van der Waals surface area contributed by atoms with Crippen LogP contribution >= 0.6 is 11.3 Å². The van der Waals surface area contributed by atoms with E-state index < -0.39 is 0 Å². The molecule has 140 valence electrons. The number of aryl methyl sites for hydroxylation is 1. The Hall–Kier alpha value is -2.14. The van der Waals surface area contributed by atoms with Crippen molar-refractivity contribution in [2.75, 3.05) is 6.54 Å². The standard InChI is InChI=1S/C21H28N2O2S/c1-4-6-16-8-10-17(11-9-16)20(15(2)3)23-19(24)12-13-22-21(25)18-7-5-14-26-18/h5,7-11,14-15,20H,4,6,12-13H2,1-3H3,(H,22,25)(H,23,24). The third-order valence-corrected chi connectivity index (χ3v) is 5.11. The molecule has 0 aliphatic carbocycles. The molecule has 0 bridgehead atoms. The normalized spacial score (nSPS) is 12.0. The fourth-order valence-corrected chi connectivity index (χ4v) is 3.49. The van der Waals surface area contributed by atoms with E-state index in [-0.39, 0.29) is 30.2 Å². The van der Waals surface area contributed by atoms with Crippen LogP contribution in [-0.2, 0) is 11.2 Å². The van der Waals surface area contributed by atoms with Gasteiger partial charge in [-0.2, -0.15) is 0 Å². The van der Waals surface area contributed by atoms with E-state index in [4.69, 9.17) is 0 Å². The van der Waals surface area contributed by atoms with Gasteiger partial charge >= 0.3 is 0 Å². The highest BCUT2D eigenvalue weighted by Gasteiger charge is 2.18. The first-order valence-corrected chi connectivity index (χ1v) is 10.1. The average Bonchev–Trinajstić information content (AvgIpc) is 3.15. The summed E-state index contributed by atoms with van der Waals surface area (Å²) in [4.78, 5) is 24.9. The smallest absolute Gasteiger partial charge is 0.261 e. The molecule has 2 rings (SSSR count). The van der Waals surface area contributed by atoms with E-state index in [9.17, 15) is 9.59 Å². The number of rotatable bonds is 9. The van der Waals surface area contributed by atoms with Crippen molar-refractivity contribution < 1.29 is 9.59 Å². The number of carbonyl (C=O) groups is 2. The first-order chi connectivity index (χ1) is 12.5. The van der Waals surface area contributed by atoms with Gasteiger partial charge in [0.25, 0.3) is 5.91 Å². The summed E-state index contributed by atoms with van der Waals surface area (Å²) >= 11 is 1.39. The Kier molecular flexibility index (Phi) is 7.85. The Morgan fingerprint density at radius 2 is 1.85 bits per heavy atom. The second-order valence-corrected chi connectivity index (χ2v) is 7.71. The van der Waals surface area contributed by atoms with Crippen molar-refractivity contribution >= 4 is 23.2 Å². The second kappa shape index (κ2) is 10.1. The highest BCUT2D eigenvalue weighted by Crippen LogP contribution is 2.22. The highest BCUT2D eigenvalue weighted by atomic mass is 32.1. The van der Waals surface area contributed by atoms with Gasteiger partial charge < -0.3 is 10.6 Å². The minimum absolute atomic E-state index is 0.0221. The molecule has 0 saturated carbocycles. The Morgan fingerprint density at radius 1 is 1.12 bits per heavy atom. The number of carbonyl (C=O) groups excluding carboxylic acids is 2. The van der Waals surface area contributed by atoms with Gasteiger partial charge in [-0.25, -0.2) is 0 Å². The van der Waals surface area contributed by atoms with Crippen LogP contribution in [0.15, 0.2) is 41.8 Å². The van der Waals surface area contributed by atoms with E-state index in [0.717, 1.165) is 18.4 Å². The molecule has 0 spiro atoms. The first kappa shape index (κ1) is 20.2. The Morgan fingerprint density at radius 3 is 2.42 bits per heavy atom. The maximum atomic E-state index is 12.3. The predicted octanol–water partition coefficient (Wildman–Crippen LogP) is 4.33. The summed E-state index contributed by atoms with van der Waals surface area (Å²) in [6, 6.07) is 12.1. The minimum atomic E-state index is -0.125. The summed E-state index contributed by atoms with van der Waals surface area (Å²) in [5.74, 6) is 0.115. The molecule has 2 aromatic rings. The lowest BCUT2D eigenvalue weighted by Gasteiger charge is -2.23. The second-order valence-electron chi connectivity index (χ2n) is 6.76. The summed E-state index contributed by atoms with van der Waals surface area (Å²) in [5, 5.41) is 7.76. The largest absolute Gasteiger partial charge is 0.351 e. The monoisotopic (exact) mass is 372 g/mol. The summed E-state index contributed by atoms with van der Waals surface area (Å²) in [7, 11) is 0. The Bertz CT molecular complexity index is 693. The van der Waals surface area contributed by atoms with Gasteiger partial charge in [0, 0.05) is 13.0 Å². The molecule has 0 aliphatic heterocycles. The van der Waals surface area contributed by atoms with E-state index in [1.807, 2.05) is 11.4 Å². The van der Waals surface area contributed by atoms with Gasteiger partial charge in [-0.15, -0.1) is 11.3 Å². The molecule has 1 heterocycles. The van der Waals surface area contributed by atoms with Crippen LogP contribution in [0.4, 0.5) is 0 Å². The van der Waals surface area contributed by atoms with Gasteiger partial charge in [-0.3, -0.25) is 9.59 Å². The molecule has 0 saturated heterocycles. The summed E-state index contributed by atoms with van der Waals surface area (Å²) in [5.41, 5.74) is 2.44. The maximum Gasteiger partial charge on any atom is 0.261 e. The van der Waals surface area contributed by atoms with Crippen molar-refractivity contribution in [1.29, 1.82) is 0 Å². The van der Waals surface area contributed by atoms with Crippen molar-refractivity contribution in [3.8, 4) is 0 Å². The summed E-state index contributed by atoms with van der Waals surface area (Å²) < 4.78 is 0. The lowest BCUT2D eigenvalue weighted by Crippen LogP contribution is -2.34. The highest BCUT2D eigenvalue weighted by molar-refractivity contribution is 7.12. The quantitative estimate of drug-likeness (QED) is 0.688. The van der Waals surface area contributed by atoms with E-state index in [0.29, 0.717) is 11.4 Å². The maximum absolute atomic E-state index is 12.3. The molecule has 1 aromatic carbocycles. The van der Waals surface area contributed by atoms with Crippen LogP contribution in [0.1, 0.15) is 60.5 Å². The van der Waals surface area contributed by atoms with E-state index in [2.05, 4.69) is 55.7 Å². The first-order valence-electron chi connectivity index (χ1n) is 9.21. The third kappa shape index (κ3) is 5.99. The third-order valence-electron chi connectivity index (χ3n) is 4.24. The molecule has 5 heteroatoms. The molecule has 2 amide bonds. The average molecular weight is 373 g/mol. The van der Waals surface area contributed by atoms with Gasteiger partial charge in [0.2, 0.25) is 5.91 Å². The molecule has 1 aromatic heterocycles. The lowest BCUT2D eigenvalue weighted by molar-refractivity contribution is -0.122. The Labute approximate surface area is 160 Å². The van der Waals surface area contributed by atoms with Crippen molar-refractivity contribution in [1.82, 2.24) is 10.6 Å². The van der Waals surface area contributed by atoms with Gasteiger partial charge in [0.15, 0.2) is 0 Å². The zero-order valence-corrected chi connectivity index (χ0v) is 16.6. The van der Waals surface area contributed by atoms with Crippen LogP contribution in [0, 0.1) is 5.92 Å². The molecule has 4 nitrogen and oxygen atoms in total. The number of nitrogens with one attached hydrogen (secondary N) is 2. The molecular formula is C21H28N2O2S. The molecule has 1 atom stereocenters. The van der Waals surface area contributed by atoms with E-state index in [1.165, 1.54) is 16.9 Å². The van der Waals surface area contributed by atoms with Gasteiger partial charge in [-0.05, 0) is 34.9 Å². The molecule has 0 aliphatic rings. The summed E-state index contributed by atoms with van der Waals surface area (Å²) in [6.45, 7) is 6.71. The topological polar surface area (TPSA) is 58.2 Å². The lowest BCUT2D eigenvalue weighted by atomic mass is 9.94. The fraction of sp³-hybridized carbons (Fsp3) is 0.429. The summed E-state index contributed by atoms with van der Waals surface area (Å²) in [6.07, 6.45) is 2.47. The van der Waals surface area contributed by atoms with Crippen LogP contribution in [0.3, 0.4) is 0 Å². The van der Waals surface area contributed by atoms with E-state index in [1.54, 1.807) is 6.07 Å². The van der Waals surface area contributed by atoms with Crippen molar-refractivity contribution in [2.24, 2.45) is 5.92 Å². The van der Waals surface area contributed by atoms with Crippen LogP contribution in [0.25, 0.3) is 0 Å². The number of amides is 2. The van der Waals surface area contributed by atoms with Crippen molar-refractivity contribution in [3.63, 3.8) is 0 Å². The number of benzene rings is 1. The van der Waals surface area contributed by atoms with Crippen LogP contribution in [-0.4, -0.2) is 18.4 Å². The molecular weight excluding hydrogens is 344 g/mol. The zero-order valence-electron chi connectivity index (χ0n) is 15.7. The van der Waals surface area contributed by atoms with Gasteiger partial charge in [0.05, 0.1) is 10.9 Å². The number of hydrogen-bond donors (Lipinski definition) is 2. The molecule has 0 radical (unpaired) electrons. The van der Waals surface area contributed by atoms with Crippen LogP contribution in [0.2, 0.25) is 0 Å². The number of thiophene rings is 1. The predicted molar refractivity (Wildman–Crippen MR) is 107 cm³/mol. The van der Waals surface area contributed by atoms with Gasteiger partial charge in [0.1, 0.15) is 0 Å². The Balaban J connectivity index is 1.86. The molecule has 2 N–H and O–H groups in total.